The largest absolute Gasteiger partial charge is 0.467 e. The minimum absolute atomic E-state index is 0.0551. The molecule has 0 saturated carbocycles. The van der Waals surface area contributed by atoms with Gasteiger partial charge >= 0.3 is 0 Å². The SMILES string of the molecule is CC1Cc2ccccc2N1Cc1occc1C(=O)N1CCN(c2ccccn2)CC1. The lowest BCUT2D eigenvalue weighted by Crippen LogP contribution is -2.49. The predicted molar refractivity (Wildman–Crippen MR) is 117 cm³/mol. The first kappa shape index (κ1) is 18.7. The number of hydrogen-bond donors (Lipinski definition) is 0. The number of nitrogens with zero attached hydrogens (tertiary/aromatic N) is 4. The summed E-state index contributed by atoms with van der Waals surface area (Å²) in [7, 11) is 0. The molecule has 6 heteroatoms. The van der Waals surface area contributed by atoms with Gasteiger partial charge in [0.05, 0.1) is 18.4 Å². The number of pyridine rings is 1. The number of amides is 1. The second-order valence-corrected chi connectivity index (χ2v) is 8.03. The first-order valence-corrected chi connectivity index (χ1v) is 10.6. The highest BCUT2D eigenvalue weighted by Crippen LogP contribution is 2.33. The fourth-order valence-corrected chi connectivity index (χ4v) is 4.53. The van der Waals surface area contributed by atoms with Gasteiger partial charge in [-0.1, -0.05) is 24.3 Å². The van der Waals surface area contributed by atoms with Crippen molar-refractivity contribution in [1.82, 2.24) is 9.88 Å². The molecule has 2 aromatic heterocycles. The molecule has 1 fully saturated rings. The summed E-state index contributed by atoms with van der Waals surface area (Å²) < 4.78 is 5.78. The van der Waals surface area contributed by atoms with Crippen LogP contribution in [-0.2, 0) is 13.0 Å². The van der Waals surface area contributed by atoms with Crippen molar-refractivity contribution in [2.45, 2.75) is 25.9 Å². The van der Waals surface area contributed by atoms with E-state index >= 15 is 0 Å². The molecule has 0 bridgehead atoms. The molecular weight excluding hydrogens is 376 g/mol. The van der Waals surface area contributed by atoms with Crippen LogP contribution in [0.1, 0.15) is 28.6 Å². The number of rotatable bonds is 4. The van der Waals surface area contributed by atoms with Crippen molar-refractivity contribution in [2.24, 2.45) is 0 Å². The monoisotopic (exact) mass is 402 g/mol. The zero-order valence-corrected chi connectivity index (χ0v) is 17.2. The van der Waals surface area contributed by atoms with E-state index in [1.165, 1.54) is 11.3 Å². The van der Waals surface area contributed by atoms with Gasteiger partial charge in [-0.25, -0.2) is 4.98 Å². The molecule has 2 aliphatic heterocycles. The number of carbonyl (C=O) groups is 1. The normalized spacial score (nSPS) is 18.6. The molecule has 5 rings (SSSR count). The molecule has 1 atom stereocenters. The molecular formula is C24H26N4O2. The van der Waals surface area contributed by atoms with Gasteiger partial charge in [0.1, 0.15) is 11.6 Å². The van der Waals surface area contributed by atoms with Gasteiger partial charge in [-0.05, 0) is 43.2 Å². The van der Waals surface area contributed by atoms with Crippen LogP contribution in [0.15, 0.2) is 65.4 Å². The Labute approximate surface area is 176 Å². The molecule has 1 aromatic carbocycles. The topological polar surface area (TPSA) is 52.8 Å². The van der Waals surface area contributed by atoms with E-state index in [2.05, 4.69) is 46.0 Å². The Kier molecular flexibility index (Phi) is 4.91. The van der Waals surface area contributed by atoms with Gasteiger partial charge < -0.3 is 19.1 Å². The van der Waals surface area contributed by atoms with Gasteiger partial charge in [-0.15, -0.1) is 0 Å². The van der Waals surface area contributed by atoms with Crippen LogP contribution in [0, 0.1) is 0 Å². The van der Waals surface area contributed by atoms with Crippen LogP contribution in [0.2, 0.25) is 0 Å². The van der Waals surface area contributed by atoms with Crippen LogP contribution in [0.4, 0.5) is 11.5 Å². The van der Waals surface area contributed by atoms with Crippen LogP contribution in [0.25, 0.3) is 0 Å². The molecule has 3 aromatic rings. The third-order valence-electron chi connectivity index (χ3n) is 6.18. The quantitative estimate of drug-likeness (QED) is 0.668. The van der Waals surface area contributed by atoms with Crippen molar-refractivity contribution in [3.05, 3.63) is 77.9 Å². The van der Waals surface area contributed by atoms with E-state index < -0.39 is 0 Å². The summed E-state index contributed by atoms with van der Waals surface area (Å²) in [4.78, 5) is 24.1. The number of furan rings is 1. The van der Waals surface area contributed by atoms with Crippen LogP contribution < -0.4 is 9.80 Å². The Bertz CT molecular complexity index is 1020. The summed E-state index contributed by atoms with van der Waals surface area (Å²) in [5.74, 6) is 1.77. The molecule has 0 aliphatic carbocycles. The Morgan fingerprint density at radius 3 is 2.67 bits per heavy atom. The summed E-state index contributed by atoms with van der Waals surface area (Å²) >= 11 is 0. The molecule has 1 amide bonds. The van der Waals surface area contributed by atoms with E-state index in [-0.39, 0.29) is 5.91 Å². The molecule has 2 aliphatic rings. The van der Waals surface area contributed by atoms with E-state index in [4.69, 9.17) is 4.42 Å². The Balaban J connectivity index is 1.28. The average Bonchev–Trinajstić information content (AvgIpc) is 3.38. The van der Waals surface area contributed by atoms with Gasteiger partial charge in [0.15, 0.2) is 0 Å². The Morgan fingerprint density at radius 2 is 1.87 bits per heavy atom. The highest BCUT2D eigenvalue weighted by molar-refractivity contribution is 5.95. The number of para-hydroxylation sites is 1. The van der Waals surface area contributed by atoms with E-state index in [1.54, 1.807) is 6.26 Å². The first-order valence-electron chi connectivity index (χ1n) is 10.6. The zero-order chi connectivity index (χ0) is 20.5. The van der Waals surface area contributed by atoms with Gasteiger partial charge in [-0.2, -0.15) is 0 Å². The fourth-order valence-electron chi connectivity index (χ4n) is 4.53. The van der Waals surface area contributed by atoms with Crippen molar-refractivity contribution in [1.29, 1.82) is 0 Å². The van der Waals surface area contributed by atoms with Crippen LogP contribution in [-0.4, -0.2) is 48.0 Å². The average molecular weight is 402 g/mol. The minimum atomic E-state index is 0.0551. The van der Waals surface area contributed by atoms with E-state index in [1.807, 2.05) is 35.4 Å². The number of carbonyl (C=O) groups excluding carboxylic acids is 1. The number of piperazine rings is 1. The van der Waals surface area contributed by atoms with Crippen LogP contribution in [0.3, 0.4) is 0 Å². The zero-order valence-electron chi connectivity index (χ0n) is 17.2. The first-order chi connectivity index (χ1) is 14.7. The number of anilines is 2. The Morgan fingerprint density at radius 1 is 1.07 bits per heavy atom. The van der Waals surface area contributed by atoms with E-state index in [0.29, 0.717) is 31.2 Å². The predicted octanol–water partition coefficient (Wildman–Crippen LogP) is 3.59. The highest BCUT2D eigenvalue weighted by atomic mass is 16.3. The third-order valence-corrected chi connectivity index (χ3v) is 6.18. The van der Waals surface area contributed by atoms with Gasteiger partial charge in [-0.3, -0.25) is 4.79 Å². The second kappa shape index (κ2) is 7.86. The molecule has 1 saturated heterocycles. The highest BCUT2D eigenvalue weighted by Gasteiger charge is 2.30. The molecule has 1 unspecified atom stereocenters. The molecule has 0 radical (unpaired) electrons. The summed E-state index contributed by atoms with van der Waals surface area (Å²) in [6, 6.07) is 16.6. The lowest BCUT2D eigenvalue weighted by atomic mass is 10.1. The van der Waals surface area contributed by atoms with Gasteiger partial charge in [0.25, 0.3) is 5.91 Å². The third kappa shape index (κ3) is 3.43. The van der Waals surface area contributed by atoms with Gasteiger partial charge in [0.2, 0.25) is 0 Å². The lowest BCUT2D eigenvalue weighted by Gasteiger charge is -2.35. The molecule has 30 heavy (non-hydrogen) atoms. The van der Waals surface area contributed by atoms with Crippen LogP contribution in [0.5, 0.6) is 0 Å². The standard InChI is InChI=1S/C24H26N4O2/c1-18-16-19-6-2-3-7-21(19)28(18)17-22-20(9-15-30-22)24(29)27-13-11-26(12-14-27)23-8-4-5-10-25-23/h2-10,15,18H,11-14,16-17H2,1H3. The maximum absolute atomic E-state index is 13.2. The maximum atomic E-state index is 13.2. The van der Waals surface area contributed by atoms with Crippen molar-refractivity contribution in [3.63, 3.8) is 0 Å². The molecule has 154 valence electrons. The Hall–Kier alpha value is -3.28. The summed E-state index contributed by atoms with van der Waals surface area (Å²) in [6.07, 6.45) is 4.47. The fraction of sp³-hybridized carbons (Fsp3) is 0.333. The summed E-state index contributed by atoms with van der Waals surface area (Å²) in [6.45, 7) is 5.77. The lowest BCUT2D eigenvalue weighted by molar-refractivity contribution is 0.0744. The van der Waals surface area contributed by atoms with Crippen molar-refractivity contribution >= 4 is 17.4 Å². The van der Waals surface area contributed by atoms with Crippen molar-refractivity contribution in [2.75, 3.05) is 36.0 Å². The maximum Gasteiger partial charge on any atom is 0.257 e. The smallest absolute Gasteiger partial charge is 0.257 e. The molecule has 6 nitrogen and oxygen atoms in total. The molecule has 4 heterocycles. The second-order valence-electron chi connectivity index (χ2n) is 8.03. The number of aromatic nitrogens is 1. The van der Waals surface area contributed by atoms with Gasteiger partial charge in [0, 0.05) is 44.1 Å². The number of hydrogen-bond acceptors (Lipinski definition) is 5. The minimum Gasteiger partial charge on any atom is -0.467 e. The van der Waals surface area contributed by atoms with Crippen LogP contribution >= 0.6 is 0 Å². The number of fused-ring (bicyclic) bond motifs is 1. The number of benzene rings is 1. The van der Waals surface area contributed by atoms with E-state index in [9.17, 15) is 4.79 Å². The summed E-state index contributed by atoms with van der Waals surface area (Å²) in [5.41, 5.74) is 3.27. The summed E-state index contributed by atoms with van der Waals surface area (Å²) in [5, 5.41) is 0. The van der Waals surface area contributed by atoms with Crippen molar-refractivity contribution in [3.8, 4) is 0 Å². The van der Waals surface area contributed by atoms with E-state index in [0.717, 1.165) is 31.1 Å². The molecule has 0 N–H and O–H groups in total. The van der Waals surface area contributed by atoms with Crippen molar-refractivity contribution < 1.29 is 9.21 Å². The molecule has 0 spiro atoms.